The molecule has 3 amide bonds. The fraction of sp³-hybridized carbons (Fsp3) is 0.333. The summed E-state index contributed by atoms with van der Waals surface area (Å²) < 4.78 is 5.01. The first-order valence-corrected chi connectivity index (χ1v) is 12.1. The number of anilines is 1. The van der Waals surface area contributed by atoms with Gasteiger partial charge in [-0.25, -0.2) is 4.90 Å². The molecule has 37 heavy (non-hydrogen) atoms. The fourth-order valence-corrected chi connectivity index (χ4v) is 4.65. The van der Waals surface area contributed by atoms with Crippen LogP contribution in [0.5, 0.6) is 5.75 Å². The van der Waals surface area contributed by atoms with Crippen LogP contribution < -0.4 is 9.64 Å². The molecule has 10 nitrogen and oxygen atoms in total. The number of non-ortho nitro benzene ring substituents is 1. The zero-order chi connectivity index (χ0) is 26.5. The average molecular weight is 506 g/mol. The highest BCUT2D eigenvalue weighted by Gasteiger charge is 2.44. The number of allylic oxidation sites excluding steroid dienone is 1. The number of hydrogen-bond donors (Lipinski definition) is 0. The maximum Gasteiger partial charge on any atom is 0.308 e. The van der Waals surface area contributed by atoms with Crippen molar-refractivity contribution in [3.05, 3.63) is 75.9 Å². The van der Waals surface area contributed by atoms with Crippen molar-refractivity contribution < 1.29 is 28.8 Å². The van der Waals surface area contributed by atoms with Gasteiger partial charge in [-0.2, -0.15) is 0 Å². The summed E-state index contributed by atoms with van der Waals surface area (Å²) in [6, 6.07) is 10.2. The van der Waals surface area contributed by atoms with Gasteiger partial charge in [0.15, 0.2) is 0 Å². The van der Waals surface area contributed by atoms with Crippen LogP contribution in [0, 0.1) is 10.1 Å². The molecule has 2 aliphatic rings. The zero-order valence-electron chi connectivity index (χ0n) is 20.4. The number of amides is 3. The van der Waals surface area contributed by atoms with Crippen LogP contribution in [0.3, 0.4) is 0 Å². The Labute approximate surface area is 213 Å². The minimum absolute atomic E-state index is 0.147. The third-order valence-electron chi connectivity index (χ3n) is 6.50. The van der Waals surface area contributed by atoms with Crippen LogP contribution in [0.25, 0.3) is 0 Å². The molecule has 0 bridgehead atoms. The first kappa shape index (κ1) is 25.7. The number of nitro benzene ring substituents is 1. The van der Waals surface area contributed by atoms with Crippen molar-refractivity contribution in [1.82, 2.24) is 4.90 Å². The molecular formula is C27H27N3O7. The highest BCUT2D eigenvalue weighted by molar-refractivity contribution is 6.23. The van der Waals surface area contributed by atoms with Crippen LogP contribution in [-0.4, -0.2) is 46.1 Å². The number of carbonyl (C=O) groups is 4. The predicted molar refractivity (Wildman–Crippen MR) is 134 cm³/mol. The molecule has 0 N–H and O–H groups in total. The summed E-state index contributed by atoms with van der Waals surface area (Å²) in [4.78, 5) is 64.0. The van der Waals surface area contributed by atoms with Crippen LogP contribution in [-0.2, 0) is 14.4 Å². The molecule has 1 heterocycles. The van der Waals surface area contributed by atoms with Crippen LogP contribution in [0.1, 0.15) is 55.8 Å². The molecule has 192 valence electrons. The lowest BCUT2D eigenvalue weighted by Gasteiger charge is -2.28. The molecule has 1 saturated heterocycles. The quantitative estimate of drug-likeness (QED) is 0.131. The first-order chi connectivity index (χ1) is 17.7. The minimum Gasteiger partial charge on any atom is -0.427 e. The molecule has 1 aliphatic carbocycles. The zero-order valence-corrected chi connectivity index (χ0v) is 20.4. The van der Waals surface area contributed by atoms with Crippen molar-refractivity contribution in [2.45, 2.75) is 51.5 Å². The monoisotopic (exact) mass is 505 g/mol. The van der Waals surface area contributed by atoms with Crippen LogP contribution in [0.15, 0.2) is 60.2 Å². The number of rotatable bonds is 8. The summed E-state index contributed by atoms with van der Waals surface area (Å²) in [7, 11) is 0. The van der Waals surface area contributed by atoms with E-state index in [1.807, 2.05) is 0 Å². The van der Waals surface area contributed by atoms with Crippen molar-refractivity contribution in [2.24, 2.45) is 0 Å². The molecule has 0 aromatic heterocycles. The Hall–Kier alpha value is -4.34. The van der Waals surface area contributed by atoms with Gasteiger partial charge in [0.1, 0.15) is 11.8 Å². The Morgan fingerprint density at radius 1 is 1.08 bits per heavy atom. The summed E-state index contributed by atoms with van der Waals surface area (Å²) in [5, 5.41) is 11.0. The molecule has 1 atom stereocenters. The summed E-state index contributed by atoms with van der Waals surface area (Å²) in [6.07, 6.45) is 6.66. The van der Waals surface area contributed by atoms with Crippen molar-refractivity contribution in [2.75, 3.05) is 11.4 Å². The van der Waals surface area contributed by atoms with Gasteiger partial charge in [0.05, 0.1) is 17.0 Å². The highest BCUT2D eigenvalue weighted by Crippen LogP contribution is 2.30. The molecule has 4 rings (SSSR count). The van der Waals surface area contributed by atoms with Crippen molar-refractivity contribution in [3.8, 4) is 5.75 Å². The fourth-order valence-electron chi connectivity index (χ4n) is 4.65. The van der Waals surface area contributed by atoms with Crippen LogP contribution in [0.2, 0.25) is 0 Å². The Bertz CT molecular complexity index is 1250. The maximum atomic E-state index is 13.5. The molecule has 10 heteroatoms. The van der Waals surface area contributed by atoms with Gasteiger partial charge >= 0.3 is 5.97 Å². The summed E-state index contributed by atoms with van der Waals surface area (Å²) in [5.41, 5.74) is 1.58. The van der Waals surface area contributed by atoms with E-state index in [0.29, 0.717) is 12.1 Å². The van der Waals surface area contributed by atoms with Crippen molar-refractivity contribution in [1.29, 1.82) is 0 Å². The van der Waals surface area contributed by atoms with E-state index in [4.69, 9.17) is 4.74 Å². The Morgan fingerprint density at radius 3 is 2.38 bits per heavy atom. The number of imide groups is 1. The van der Waals surface area contributed by atoms with E-state index in [1.54, 1.807) is 0 Å². The van der Waals surface area contributed by atoms with Gasteiger partial charge in [0, 0.05) is 31.2 Å². The molecule has 2 aromatic rings. The van der Waals surface area contributed by atoms with Gasteiger partial charge in [-0.1, -0.05) is 11.6 Å². The lowest BCUT2D eigenvalue weighted by atomic mass is 9.96. The van der Waals surface area contributed by atoms with Gasteiger partial charge in [0.25, 0.3) is 17.5 Å². The van der Waals surface area contributed by atoms with Crippen molar-refractivity contribution >= 4 is 35.1 Å². The average Bonchev–Trinajstić information content (AvgIpc) is 3.18. The van der Waals surface area contributed by atoms with E-state index >= 15 is 0 Å². The van der Waals surface area contributed by atoms with Gasteiger partial charge in [-0.15, -0.1) is 0 Å². The number of nitro groups is 1. The maximum absolute atomic E-state index is 13.5. The Kier molecular flexibility index (Phi) is 7.76. The number of esters is 1. The summed E-state index contributed by atoms with van der Waals surface area (Å²) in [5.74, 6) is -1.66. The SMILES string of the molecule is CC(=O)Oc1ccc(N2C(=O)CC(N(CCC3=CCCCC3)C(=O)c3ccc([N+](=O)[O-])cc3)C2=O)cc1. The molecular weight excluding hydrogens is 478 g/mol. The smallest absolute Gasteiger partial charge is 0.308 e. The van der Waals surface area contributed by atoms with Crippen LogP contribution in [0.4, 0.5) is 11.4 Å². The number of benzene rings is 2. The second kappa shape index (κ2) is 11.2. The molecule has 0 radical (unpaired) electrons. The lowest BCUT2D eigenvalue weighted by Crippen LogP contribution is -2.46. The van der Waals surface area contributed by atoms with E-state index in [1.165, 1.54) is 65.9 Å². The molecule has 0 saturated carbocycles. The van der Waals surface area contributed by atoms with Gasteiger partial charge in [-0.05, 0) is 68.5 Å². The number of carbonyl (C=O) groups excluding carboxylic acids is 4. The molecule has 1 fully saturated rings. The third kappa shape index (κ3) is 5.91. The summed E-state index contributed by atoms with van der Waals surface area (Å²) >= 11 is 0. The number of nitrogens with zero attached hydrogens (tertiary/aromatic N) is 3. The van der Waals surface area contributed by atoms with E-state index in [0.717, 1.165) is 30.6 Å². The number of ether oxygens (including phenoxy) is 1. The summed E-state index contributed by atoms with van der Waals surface area (Å²) in [6.45, 7) is 1.51. The molecule has 1 aliphatic heterocycles. The normalized spacial score (nSPS) is 17.4. The first-order valence-electron chi connectivity index (χ1n) is 12.1. The molecule has 2 aromatic carbocycles. The minimum atomic E-state index is -1.01. The molecule has 1 unspecified atom stereocenters. The topological polar surface area (TPSA) is 127 Å². The lowest BCUT2D eigenvalue weighted by molar-refractivity contribution is -0.384. The largest absolute Gasteiger partial charge is 0.427 e. The van der Waals surface area contributed by atoms with E-state index in [2.05, 4.69) is 6.08 Å². The van der Waals surface area contributed by atoms with E-state index in [-0.39, 0.29) is 30.0 Å². The highest BCUT2D eigenvalue weighted by atomic mass is 16.6. The van der Waals surface area contributed by atoms with Gasteiger partial charge in [-0.3, -0.25) is 29.3 Å². The Morgan fingerprint density at radius 2 is 1.78 bits per heavy atom. The van der Waals surface area contributed by atoms with E-state index in [9.17, 15) is 29.3 Å². The third-order valence-corrected chi connectivity index (χ3v) is 6.50. The van der Waals surface area contributed by atoms with E-state index < -0.39 is 34.7 Å². The Balaban J connectivity index is 1.59. The molecule has 0 spiro atoms. The number of hydrogen-bond acceptors (Lipinski definition) is 7. The second-order valence-corrected chi connectivity index (χ2v) is 9.04. The van der Waals surface area contributed by atoms with Gasteiger partial charge < -0.3 is 9.64 Å². The van der Waals surface area contributed by atoms with Crippen LogP contribution >= 0.6 is 0 Å². The predicted octanol–water partition coefficient (Wildman–Crippen LogP) is 4.18. The van der Waals surface area contributed by atoms with Crippen molar-refractivity contribution in [3.63, 3.8) is 0 Å². The van der Waals surface area contributed by atoms with Gasteiger partial charge in [0.2, 0.25) is 5.91 Å². The second-order valence-electron chi connectivity index (χ2n) is 9.04. The standard InChI is InChI=1S/C27H27N3O7/c1-18(31)37-23-13-11-21(12-14-23)29-25(32)17-24(27(29)34)28(16-15-19-5-3-2-4-6-19)26(33)20-7-9-22(10-8-20)30(35)36/h5,7-14,24H,2-4,6,15-17H2,1H3.